The number of rotatable bonds is 7. The maximum absolute atomic E-state index is 12.7. The van der Waals surface area contributed by atoms with Gasteiger partial charge in [-0.15, -0.1) is 0 Å². The van der Waals surface area contributed by atoms with Gasteiger partial charge in [0.05, 0.1) is 15.5 Å². The summed E-state index contributed by atoms with van der Waals surface area (Å²) in [6, 6.07) is 10.9. The first-order valence-corrected chi connectivity index (χ1v) is 11.2. The van der Waals surface area contributed by atoms with Crippen LogP contribution in [0.5, 0.6) is 0 Å². The standard InChI is InChI=1S/C18H24N2O4S2/c1-5-20(6-2)26(23,24)17-9-7-8-16(13-17)19-25(21,22)18-11-10-14(3)12-15(18)4/h7-13,19H,5-6H2,1-4H3. The lowest BCUT2D eigenvalue weighted by molar-refractivity contribution is 0.445. The van der Waals surface area contributed by atoms with E-state index in [0.29, 0.717) is 18.7 Å². The van der Waals surface area contributed by atoms with Crippen LogP contribution >= 0.6 is 0 Å². The summed E-state index contributed by atoms with van der Waals surface area (Å²) in [5.41, 5.74) is 1.80. The molecule has 2 aromatic carbocycles. The Hall–Kier alpha value is -1.90. The van der Waals surface area contributed by atoms with E-state index in [1.165, 1.54) is 28.6 Å². The minimum Gasteiger partial charge on any atom is -0.280 e. The number of anilines is 1. The van der Waals surface area contributed by atoms with Crippen LogP contribution in [-0.4, -0.2) is 34.2 Å². The molecule has 0 saturated heterocycles. The van der Waals surface area contributed by atoms with E-state index >= 15 is 0 Å². The van der Waals surface area contributed by atoms with Gasteiger partial charge in [0, 0.05) is 13.1 Å². The molecule has 0 fully saturated rings. The summed E-state index contributed by atoms with van der Waals surface area (Å²) in [5, 5.41) is 0. The Morgan fingerprint density at radius 2 is 1.58 bits per heavy atom. The molecule has 6 nitrogen and oxygen atoms in total. The van der Waals surface area contributed by atoms with Crippen LogP contribution in [-0.2, 0) is 20.0 Å². The largest absolute Gasteiger partial charge is 0.280 e. The van der Waals surface area contributed by atoms with Crippen molar-refractivity contribution in [2.24, 2.45) is 0 Å². The van der Waals surface area contributed by atoms with E-state index in [4.69, 9.17) is 0 Å². The van der Waals surface area contributed by atoms with Gasteiger partial charge in [0.2, 0.25) is 10.0 Å². The highest BCUT2D eigenvalue weighted by Gasteiger charge is 2.23. The maximum Gasteiger partial charge on any atom is 0.262 e. The molecule has 0 bridgehead atoms. The van der Waals surface area contributed by atoms with Crippen molar-refractivity contribution in [2.75, 3.05) is 17.8 Å². The summed E-state index contributed by atoms with van der Waals surface area (Å²) < 4.78 is 54.4. The minimum absolute atomic E-state index is 0.0574. The zero-order chi connectivity index (χ0) is 19.5. The van der Waals surface area contributed by atoms with E-state index in [-0.39, 0.29) is 15.5 Å². The zero-order valence-electron chi connectivity index (χ0n) is 15.4. The molecule has 0 aliphatic carbocycles. The maximum atomic E-state index is 12.7. The van der Waals surface area contributed by atoms with E-state index in [9.17, 15) is 16.8 Å². The van der Waals surface area contributed by atoms with E-state index in [1.54, 1.807) is 39.0 Å². The summed E-state index contributed by atoms with van der Waals surface area (Å²) >= 11 is 0. The SMILES string of the molecule is CCN(CC)S(=O)(=O)c1cccc(NS(=O)(=O)c2ccc(C)cc2C)c1. The first-order chi connectivity index (χ1) is 12.1. The van der Waals surface area contributed by atoms with Gasteiger partial charge in [0.15, 0.2) is 0 Å². The number of hydrogen-bond acceptors (Lipinski definition) is 4. The van der Waals surface area contributed by atoms with Gasteiger partial charge in [-0.1, -0.05) is 37.6 Å². The molecule has 8 heteroatoms. The van der Waals surface area contributed by atoms with Gasteiger partial charge >= 0.3 is 0 Å². The molecule has 0 atom stereocenters. The van der Waals surface area contributed by atoms with Crippen LogP contribution < -0.4 is 4.72 Å². The molecule has 2 aromatic rings. The van der Waals surface area contributed by atoms with Gasteiger partial charge in [0.25, 0.3) is 10.0 Å². The Labute approximate surface area is 156 Å². The molecule has 0 amide bonds. The Kier molecular flexibility index (Phi) is 6.10. The molecule has 0 radical (unpaired) electrons. The normalized spacial score (nSPS) is 12.3. The van der Waals surface area contributed by atoms with E-state index in [0.717, 1.165) is 5.56 Å². The van der Waals surface area contributed by atoms with E-state index in [1.807, 2.05) is 6.92 Å². The third-order valence-electron chi connectivity index (χ3n) is 4.05. The van der Waals surface area contributed by atoms with Gasteiger partial charge in [-0.2, -0.15) is 4.31 Å². The molecule has 0 unspecified atom stereocenters. The number of benzene rings is 2. The van der Waals surface area contributed by atoms with Crippen LogP contribution in [0.3, 0.4) is 0 Å². The van der Waals surface area contributed by atoms with Crippen molar-refractivity contribution in [3.05, 3.63) is 53.6 Å². The number of nitrogens with zero attached hydrogens (tertiary/aromatic N) is 1. The van der Waals surface area contributed by atoms with Crippen molar-refractivity contribution < 1.29 is 16.8 Å². The molecule has 0 aliphatic rings. The predicted molar refractivity (Wildman–Crippen MR) is 103 cm³/mol. The van der Waals surface area contributed by atoms with Crippen molar-refractivity contribution >= 4 is 25.7 Å². The molecule has 0 spiro atoms. The summed E-state index contributed by atoms with van der Waals surface area (Å²) in [6.45, 7) is 7.82. The van der Waals surface area contributed by atoms with Crippen LogP contribution in [0.25, 0.3) is 0 Å². The van der Waals surface area contributed by atoms with Crippen molar-refractivity contribution in [3.8, 4) is 0 Å². The third kappa shape index (κ3) is 4.25. The van der Waals surface area contributed by atoms with Crippen LogP contribution in [0, 0.1) is 13.8 Å². The number of hydrogen-bond donors (Lipinski definition) is 1. The topological polar surface area (TPSA) is 83.6 Å². The Morgan fingerprint density at radius 1 is 0.923 bits per heavy atom. The van der Waals surface area contributed by atoms with Crippen LogP contribution in [0.4, 0.5) is 5.69 Å². The Bertz CT molecular complexity index is 996. The molecule has 26 heavy (non-hydrogen) atoms. The molecule has 142 valence electrons. The highest BCUT2D eigenvalue weighted by molar-refractivity contribution is 7.92. The number of aryl methyl sites for hydroxylation is 2. The van der Waals surface area contributed by atoms with Crippen LogP contribution in [0.2, 0.25) is 0 Å². The van der Waals surface area contributed by atoms with Gasteiger partial charge < -0.3 is 0 Å². The van der Waals surface area contributed by atoms with E-state index in [2.05, 4.69) is 4.72 Å². The Morgan fingerprint density at radius 3 is 2.15 bits per heavy atom. The average Bonchev–Trinajstić information content (AvgIpc) is 2.55. The second-order valence-electron chi connectivity index (χ2n) is 5.99. The second kappa shape index (κ2) is 7.77. The summed E-state index contributed by atoms with van der Waals surface area (Å²) in [6.07, 6.45) is 0. The van der Waals surface area contributed by atoms with E-state index < -0.39 is 20.0 Å². The highest BCUT2D eigenvalue weighted by atomic mass is 32.2. The fraction of sp³-hybridized carbons (Fsp3) is 0.333. The molecular weight excluding hydrogens is 372 g/mol. The summed E-state index contributed by atoms with van der Waals surface area (Å²) in [5.74, 6) is 0. The van der Waals surface area contributed by atoms with Gasteiger partial charge in [0.1, 0.15) is 0 Å². The van der Waals surface area contributed by atoms with Crippen molar-refractivity contribution in [1.82, 2.24) is 4.31 Å². The number of nitrogens with one attached hydrogen (secondary N) is 1. The fourth-order valence-corrected chi connectivity index (χ4v) is 5.53. The van der Waals surface area contributed by atoms with Crippen LogP contribution in [0.1, 0.15) is 25.0 Å². The van der Waals surface area contributed by atoms with Crippen molar-refractivity contribution in [3.63, 3.8) is 0 Å². The molecule has 0 aromatic heterocycles. The quantitative estimate of drug-likeness (QED) is 0.779. The Balaban J connectivity index is 2.39. The lowest BCUT2D eigenvalue weighted by atomic mass is 10.2. The van der Waals surface area contributed by atoms with Crippen molar-refractivity contribution in [2.45, 2.75) is 37.5 Å². The van der Waals surface area contributed by atoms with Gasteiger partial charge in [-0.3, -0.25) is 4.72 Å². The minimum atomic E-state index is -3.81. The molecule has 2 rings (SSSR count). The summed E-state index contributed by atoms with van der Waals surface area (Å²) in [7, 11) is -7.47. The van der Waals surface area contributed by atoms with Gasteiger partial charge in [-0.25, -0.2) is 16.8 Å². The predicted octanol–water partition coefficient (Wildman–Crippen LogP) is 3.13. The molecule has 0 aliphatic heterocycles. The second-order valence-corrected chi connectivity index (χ2v) is 9.58. The highest BCUT2D eigenvalue weighted by Crippen LogP contribution is 2.23. The molecule has 0 saturated carbocycles. The lowest BCUT2D eigenvalue weighted by Crippen LogP contribution is -2.30. The fourth-order valence-electron chi connectivity index (χ4n) is 2.74. The lowest BCUT2D eigenvalue weighted by Gasteiger charge is -2.19. The first kappa shape index (κ1) is 20.4. The number of sulfonamides is 2. The van der Waals surface area contributed by atoms with Crippen LogP contribution in [0.15, 0.2) is 52.3 Å². The summed E-state index contributed by atoms with van der Waals surface area (Å²) in [4.78, 5) is 0.224. The molecular formula is C18H24N2O4S2. The average molecular weight is 397 g/mol. The molecule has 1 N–H and O–H groups in total. The smallest absolute Gasteiger partial charge is 0.262 e. The van der Waals surface area contributed by atoms with Gasteiger partial charge in [-0.05, 0) is 43.7 Å². The molecule has 0 heterocycles. The zero-order valence-corrected chi connectivity index (χ0v) is 17.0. The first-order valence-electron chi connectivity index (χ1n) is 8.32. The third-order valence-corrected chi connectivity index (χ3v) is 7.64. The monoisotopic (exact) mass is 396 g/mol. The van der Waals surface area contributed by atoms with Crippen molar-refractivity contribution in [1.29, 1.82) is 0 Å².